The summed E-state index contributed by atoms with van der Waals surface area (Å²) in [6, 6.07) is 0.344. The Balaban J connectivity index is 2.89. The van der Waals surface area contributed by atoms with Gasteiger partial charge >= 0.3 is 0 Å². The molecular weight excluding hydrogens is 134 g/mol. The second-order valence-electron chi connectivity index (χ2n) is 3.25. The molecule has 0 aromatic heterocycles. The molecule has 1 heteroatoms. The van der Waals surface area contributed by atoms with Crippen molar-refractivity contribution < 1.29 is 0 Å². The van der Waals surface area contributed by atoms with Crippen LogP contribution < -0.4 is 5.73 Å². The van der Waals surface area contributed by atoms with Crippen LogP contribution in [0.5, 0.6) is 0 Å². The third-order valence-electron chi connectivity index (χ3n) is 2.05. The molecule has 1 unspecified atom stereocenters. The van der Waals surface area contributed by atoms with Crippen LogP contribution in [0, 0.1) is 6.92 Å². The van der Waals surface area contributed by atoms with Gasteiger partial charge in [0.1, 0.15) is 0 Å². The number of hydrogen-bond donors (Lipinski definition) is 1. The zero-order valence-corrected chi connectivity index (χ0v) is 7.81. The van der Waals surface area contributed by atoms with Crippen LogP contribution in [-0.4, -0.2) is 6.04 Å². The maximum absolute atomic E-state index is 5.73. The number of hydrogen-bond acceptors (Lipinski definition) is 1. The summed E-state index contributed by atoms with van der Waals surface area (Å²) < 4.78 is 0. The Bertz CT molecular complexity index is 71.3. The highest BCUT2D eigenvalue weighted by Gasteiger charge is 1.97. The summed E-state index contributed by atoms with van der Waals surface area (Å²) in [5.41, 5.74) is 5.73. The van der Waals surface area contributed by atoms with Gasteiger partial charge in [-0.2, -0.15) is 0 Å². The van der Waals surface area contributed by atoms with Crippen molar-refractivity contribution >= 4 is 0 Å². The fourth-order valence-electron chi connectivity index (χ4n) is 1.15. The van der Waals surface area contributed by atoms with Crippen molar-refractivity contribution in [2.45, 2.75) is 57.9 Å². The number of rotatable bonds is 7. The summed E-state index contributed by atoms with van der Waals surface area (Å²) in [7, 11) is 0. The predicted octanol–water partition coefficient (Wildman–Crippen LogP) is 2.90. The third-order valence-corrected chi connectivity index (χ3v) is 2.05. The van der Waals surface area contributed by atoms with Gasteiger partial charge in [-0.1, -0.05) is 46.0 Å². The summed E-state index contributed by atoms with van der Waals surface area (Å²) in [6.07, 6.45) is 8.75. The Morgan fingerprint density at radius 2 is 1.82 bits per heavy atom. The van der Waals surface area contributed by atoms with Gasteiger partial charge in [0.05, 0.1) is 0 Å². The Kier molecular flexibility index (Phi) is 8.03. The van der Waals surface area contributed by atoms with Crippen molar-refractivity contribution in [3.63, 3.8) is 0 Å². The van der Waals surface area contributed by atoms with E-state index in [1.807, 2.05) is 0 Å². The Hall–Kier alpha value is -0.0400. The van der Waals surface area contributed by atoms with E-state index in [4.69, 9.17) is 5.73 Å². The minimum atomic E-state index is 0.344. The van der Waals surface area contributed by atoms with Gasteiger partial charge in [-0.25, -0.2) is 0 Å². The van der Waals surface area contributed by atoms with Gasteiger partial charge in [-0.15, -0.1) is 0 Å². The molecule has 67 valence electrons. The topological polar surface area (TPSA) is 26.0 Å². The highest BCUT2D eigenvalue weighted by molar-refractivity contribution is 4.61. The zero-order valence-electron chi connectivity index (χ0n) is 7.81. The molecule has 0 rings (SSSR count). The average molecular weight is 156 g/mol. The molecule has 1 radical (unpaired) electrons. The summed E-state index contributed by atoms with van der Waals surface area (Å²) in [5, 5.41) is 0. The van der Waals surface area contributed by atoms with Crippen molar-refractivity contribution in [1.29, 1.82) is 0 Å². The smallest absolute Gasteiger partial charge is 0.00388 e. The number of unbranched alkanes of at least 4 members (excludes halogenated alkanes) is 4. The molecule has 0 heterocycles. The molecule has 0 aromatic rings. The standard InChI is InChI=1S/C10H22N/c1-3-5-6-7-8-9-10(11)4-2/h10H,2-9,11H2,1H3. The molecule has 0 aliphatic heterocycles. The third kappa shape index (κ3) is 7.86. The van der Waals surface area contributed by atoms with Crippen molar-refractivity contribution in [2.24, 2.45) is 5.73 Å². The minimum Gasteiger partial charge on any atom is -0.328 e. The van der Waals surface area contributed by atoms with Crippen molar-refractivity contribution in [1.82, 2.24) is 0 Å². The van der Waals surface area contributed by atoms with Crippen LogP contribution in [0.3, 0.4) is 0 Å². The lowest BCUT2D eigenvalue weighted by Crippen LogP contribution is -2.17. The molecule has 0 saturated carbocycles. The van der Waals surface area contributed by atoms with E-state index in [9.17, 15) is 0 Å². The van der Waals surface area contributed by atoms with E-state index in [-0.39, 0.29) is 0 Å². The first-order valence-electron chi connectivity index (χ1n) is 4.86. The summed E-state index contributed by atoms with van der Waals surface area (Å²) >= 11 is 0. The second-order valence-corrected chi connectivity index (χ2v) is 3.25. The lowest BCUT2D eigenvalue weighted by Gasteiger charge is -2.06. The van der Waals surface area contributed by atoms with E-state index < -0.39 is 0 Å². The Labute approximate surface area is 71.4 Å². The summed E-state index contributed by atoms with van der Waals surface area (Å²) in [5.74, 6) is 0. The molecule has 0 aromatic carbocycles. The minimum absolute atomic E-state index is 0.344. The molecule has 1 atom stereocenters. The lowest BCUT2D eigenvalue weighted by molar-refractivity contribution is 0.542. The highest BCUT2D eigenvalue weighted by atomic mass is 14.6. The van der Waals surface area contributed by atoms with Crippen LogP contribution in [-0.2, 0) is 0 Å². The molecule has 0 amide bonds. The van der Waals surface area contributed by atoms with Gasteiger partial charge in [-0.3, -0.25) is 0 Å². The molecule has 0 aliphatic carbocycles. The molecule has 0 saturated heterocycles. The number of nitrogens with two attached hydrogens (primary N) is 1. The maximum atomic E-state index is 5.73. The van der Waals surface area contributed by atoms with E-state index in [1.165, 1.54) is 32.1 Å². The monoisotopic (exact) mass is 156 g/mol. The van der Waals surface area contributed by atoms with Gasteiger partial charge in [0, 0.05) is 6.04 Å². The fraction of sp³-hybridized carbons (Fsp3) is 0.900. The molecule has 1 nitrogen and oxygen atoms in total. The average Bonchev–Trinajstić information content (AvgIpc) is 2.04. The van der Waals surface area contributed by atoms with Crippen LogP contribution in [0.4, 0.5) is 0 Å². The van der Waals surface area contributed by atoms with Crippen LogP contribution in [0.2, 0.25) is 0 Å². The van der Waals surface area contributed by atoms with Crippen LogP contribution in [0.1, 0.15) is 51.9 Å². The van der Waals surface area contributed by atoms with E-state index in [0.717, 1.165) is 12.8 Å². The second kappa shape index (κ2) is 8.06. The van der Waals surface area contributed by atoms with Gasteiger partial charge < -0.3 is 5.73 Å². The first kappa shape index (κ1) is 11.0. The van der Waals surface area contributed by atoms with Crippen molar-refractivity contribution in [3.05, 3.63) is 6.92 Å². The molecule has 0 spiro atoms. The van der Waals surface area contributed by atoms with Gasteiger partial charge in [0.2, 0.25) is 0 Å². The van der Waals surface area contributed by atoms with Gasteiger partial charge in [0.25, 0.3) is 0 Å². The molecule has 11 heavy (non-hydrogen) atoms. The largest absolute Gasteiger partial charge is 0.328 e. The first-order valence-corrected chi connectivity index (χ1v) is 4.86. The van der Waals surface area contributed by atoms with Gasteiger partial charge in [0.15, 0.2) is 0 Å². The Morgan fingerprint density at radius 3 is 2.36 bits per heavy atom. The molecule has 0 fully saturated rings. The van der Waals surface area contributed by atoms with Crippen molar-refractivity contribution in [3.8, 4) is 0 Å². The highest BCUT2D eigenvalue weighted by Crippen LogP contribution is 2.07. The van der Waals surface area contributed by atoms with E-state index in [0.29, 0.717) is 6.04 Å². The molecule has 2 N–H and O–H groups in total. The quantitative estimate of drug-likeness (QED) is 0.563. The van der Waals surface area contributed by atoms with E-state index >= 15 is 0 Å². The molecule has 0 bridgehead atoms. The molecular formula is C10H22N. The zero-order chi connectivity index (χ0) is 8.53. The SMILES string of the molecule is [CH2]CC(N)CCCCCCC. The molecule has 0 aliphatic rings. The fourth-order valence-corrected chi connectivity index (χ4v) is 1.15. The van der Waals surface area contributed by atoms with Gasteiger partial charge in [-0.05, 0) is 12.8 Å². The lowest BCUT2D eigenvalue weighted by atomic mass is 10.1. The van der Waals surface area contributed by atoms with Crippen LogP contribution >= 0.6 is 0 Å². The summed E-state index contributed by atoms with van der Waals surface area (Å²) in [6.45, 7) is 6.01. The Morgan fingerprint density at radius 1 is 1.18 bits per heavy atom. The van der Waals surface area contributed by atoms with Crippen LogP contribution in [0.15, 0.2) is 0 Å². The van der Waals surface area contributed by atoms with Crippen LogP contribution in [0.25, 0.3) is 0 Å². The van der Waals surface area contributed by atoms with E-state index in [2.05, 4.69) is 13.8 Å². The predicted molar refractivity (Wildman–Crippen MR) is 51.3 cm³/mol. The summed E-state index contributed by atoms with van der Waals surface area (Å²) in [4.78, 5) is 0. The maximum Gasteiger partial charge on any atom is 0.00388 e. The van der Waals surface area contributed by atoms with E-state index in [1.54, 1.807) is 0 Å². The van der Waals surface area contributed by atoms with Crippen molar-refractivity contribution in [2.75, 3.05) is 0 Å². The normalized spacial score (nSPS) is 13.4. The first-order chi connectivity index (χ1) is 5.31.